The van der Waals surface area contributed by atoms with Crippen molar-refractivity contribution in [2.45, 2.75) is 31.7 Å². The van der Waals surface area contributed by atoms with E-state index in [2.05, 4.69) is 0 Å². The van der Waals surface area contributed by atoms with Gasteiger partial charge < -0.3 is 10.0 Å². The summed E-state index contributed by atoms with van der Waals surface area (Å²) in [4.78, 5) is 1.54. The highest BCUT2D eigenvalue weighted by Gasteiger charge is 2.39. The van der Waals surface area contributed by atoms with Crippen molar-refractivity contribution < 1.29 is 18.3 Å². The van der Waals surface area contributed by atoms with Gasteiger partial charge in [-0.1, -0.05) is 0 Å². The molecule has 2 unspecified atom stereocenters. The molecular formula is C9H18F3NOS. The number of halogens is 3. The van der Waals surface area contributed by atoms with Crippen molar-refractivity contribution in [1.82, 2.24) is 4.90 Å². The number of hydrogen-bond acceptors (Lipinski definition) is 3. The smallest absolute Gasteiger partial charge is 0.382 e. The standard InChI is InChI=1S/C9H18F3NOS/c1-7(4-5-15-3)13(2)6-8(14)9(10,11)12/h7-8,14H,4-6H2,1-3H3. The third-order valence-corrected chi connectivity index (χ3v) is 2.97. The number of hydrogen-bond donors (Lipinski definition) is 1. The van der Waals surface area contributed by atoms with Gasteiger partial charge in [0.25, 0.3) is 0 Å². The van der Waals surface area contributed by atoms with E-state index in [0.717, 1.165) is 12.2 Å². The zero-order valence-corrected chi connectivity index (χ0v) is 10.0. The Hall–Kier alpha value is 0.0600. The lowest BCUT2D eigenvalue weighted by Crippen LogP contribution is -2.42. The largest absolute Gasteiger partial charge is 0.415 e. The maximum Gasteiger partial charge on any atom is 0.415 e. The molecule has 0 heterocycles. The highest BCUT2D eigenvalue weighted by atomic mass is 32.2. The highest BCUT2D eigenvalue weighted by Crippen LogP contribution is 2.21. The van der Waals surface area contributed by atoms with E-state index in [9.17, 15) is 13.2 Å². The Morgan fingerprint density at radius 3 is 2.33 bits per heavy atom. The molecule has 0 aliphatic rings. The van der Waals surface area contributed by atoms with E-state index < -0.39 is 12.3 Å². The van der Waals surface area contributed by atoms with Crippen molar-refractivity contribution in [3.63, 3.8) is 0 Å². The number of alkyl halides is 3. The van der Waals surface area contributed by atoms with Crippen molar-refractivity contribution in [3.05, 3.63) is 0 Å². The molecule has 0 aromatic carbocycles. The van der Waals surface area contributed by atoms with Crippen LogP contribution in [0.5, 0.6) is 0 Å². The van der Waals surface area contributed by atoms with Gasteiger partial charge in [0.15, 0.2) is 6.10 Å². The predicted molar refractivity (Wildman–Crippen MR) is 57.2 cm³/mol. The molecule has 92 valence electrons. The first-order chi connectivity index (χ1) is 6.79. The normalized spacial score (nSPS) is 16.8. The summed E-state index contributed by atoms with van der Waals surface area (Å²) in [6.45, 7) is 1.50. The Morgan fingerprint density at radius 2 is 1.93 bits per heavy atom. The Bertz CT molecular complexity index is 177. The number of aliphatic hydroxyl groups excluding tert-OH is 1. The third kappa shape index (κ3) is 6.27. The van der Waals surface area contributed by atoms with Crippen molar-refractivity contribution >= 4 is 11.8 Å². The van der Waals surface area contributed by atoms with E-state index >= 15 is 0 Å². The van der Waals surface area contributed by atoms with Crippen LogP contribution in [0.25, 0.3) is 0 Å². The van der Waals surface area contributed by atoms with E-state index in [4.69, 9.17) is 5.11 Å². The summed E-state index contributed by atoms with van der Waals surface area (Å²) in [7, 11) is 1.60. The molecule has 0 aliphatic heterocycles. The molecule has 0 bridgehead atoms. The molecule has 1 N–H and O–H groups in total. The molecule has 0 amide bonds. The van der Waals surface area contributed by atoms with Gasteiger partial charge in [0.1, 0.15) is 0 Å². The van der Waals surface area contributed by atoms with Crippen molar-refractivity contribution in [2.24, 2.45) is 0 Å². The van der Waals surface area contributed by atoms with E-state index in [1.165, 1.54) is 4.90 Å². The van der Waals surface area contributed by atoms with E-state index in [0.29, 0.717) is 0 Å². The van der Waals surface area contributed by atoms with Crippen LogP contribution in [0.15, 0.2) is 0 Å². The molecule has 0 fully saturated rings. The quantitative estimate of drug-likeness (QED) is 0.774. The summed E-state index contributed by atoms with van der Waals surface area (Å²) in [5.74, 6) is 0.910. The van der Waals surface area contributed by atoms with Gasteiger partial charge in [0, 0.05) is 12.6 Å². The molecule has 0 radical (unpaired) electrons. The zero-order valence-electron chi connectivity index (χ0n) is 9.21. The molecule has 0 aliphatic carbocycles. The summed E-state index contributed by atoms with van der Waals surface area (Å²) in [6.07, 6.45) is -3.99. The minimum atomic E-state index is -4.52. The monoisotopic (exact) mass is 245 g/mol. The minimum Gasteiger partial charge on any atom is -0.382 e. The average Bonchev–Trinajstić information content (AvgIpc) is 2.12. The maximum atomic E-state index is 12.0. The van der Waals surface area contributed by atoms with Gasteiger partial charge in [-0.3, -0.25) is 0 Å². The molecule has 0 aromatic rings. The minimum absolute atomic E-state index is 0.0504. The van der Waals surface area contributed by atoms with Gasteiger partial charge in [0.05, 0.1) is 0 Å². The van der Waals surface area contributed by atoms with E-state index in [1.807, 2.05) is 13.2 Å². The summed E-state index contributed by atoms with van der Waals surface area (Å²) >= 11 is 1.66. The fourth-order valence-electron chi connectivity index (χ4n) is 1.07. The highest BCUT2D eigenvalue weighted by molar-refractivity contribution is 7.98. The lowest BCUT2D eigenvalue weighted by molar-refractivity contribution is -0.208. The number of aliphatic hydroxyl groups is 1. The second-order valence-electron chi connectivity index (χ2n) is 3.63. The Labute approximate surface area is 92.8 Å². The molecule has 0 spiro atoms. The second-order valence-corrected chi connectivity index (χ2v) is 4.61. The van der Waals surface area contributed by atoms with Crippen LogP contribution in [-0.2, 0) is 0 Å². The first kappa shape index (κ1) is 15.1. The molecule has 6 heteroatoms. The Morgan fingerprint density at radius 1 is 1.40 bits per heavy atom. The van der Waals surface area contributed by atoms with Gasteiger partial charge in [-0.25, -0.2) is 0 Å². The van der Waals surface area contributed by atoms with Crippen LogP contribution >= 0.6 is 11.8 Å². The lowest BCUT2D eigenvalue weighted by Gasteiger charge is -2.27. The molecule has 0 saturated carbocycles. The van der Waals surface area contributed by atoms with E-state index in [-0.39, 0.29) is 12.6 Å². The topological polar surface area (TPSA) is 23.5 Å². The molecule has 15 heavy (non-hydrogen) atoms. The van der Waals surface area contributed by atoms with Crippen LogP contribution in [0, 0.1) is 0 Å². The van der Waals surface area contributed by atoms with Gasteiger partial charge in [-0.2, -0.15) is 24.9 Å². The van der Waals surface area contributed by atoms with Crippen LogP contribution in [0.3, 0.4) is 0 Å². The van der Waals surface area contributed by atoms with Gasteiger partial charge >= 0.3 is 6.18 Å². The molecular weight excluding hydrogens is 227 g/mol. The summed E-state index contributed by atoms with van der Waals surface area (Å²) in [5, 5.41) is 8.86. The molecule has 0 rings (SSSR count). The third-order valence-electron chi connectivity index (χ3n) is 2.33. The van der Waals surface area contributed by atoms with Gasteiger partial charge in [0.2, 0.25) is 0 Å². The molecule has 0 saturated heterocycles. The summed E-state index contributed by atoms with van der Waals surface area (Å²) in [6, 6.07) is 0.0504. The van der Waals surface area contributed by atoms with Crippen LogP contribution < -0.4 is 0 Å². The molecule has 2 nitrogen and oxygen atoms in total. The fraction of sp³-hybridized carbons (Fsp3) is 1.00. The van der Waals surface area contributed by atoms with Gasteiger partial charge in [-0.05, 0) is 32.4 Å². The van der Waals surface area contributed by atoms with Crippen LogP contribution in [-0.4, -0.2) is 53.9 Å². The zero-order chi connectivity index (χ0) is 12.1. The van der Waals surface area contributed by atoms with Crippen molar-refractivity contribution in [1.29, 1.82) is 0 Å². The number of likely N-dealkylation sites (N-methyl/N-ethyl adjacent to an activating group) is 1. The Kier molecular flexibility index (Phi) is 6.63. The van der Waals surface area contributed by atoms with Crippen LogP contribution in [0.2, 0.25) is 0 Å². The summed E-state index contributed by atoms with van der Waals surface area (Å²) in [5.41, 5.74) is 0. The van der Waals surface area contributed by atoms with Crippen molar-refractivity contribution in [2.75, 3.05) is 25.6 Å². The number of thioether (sulfide) groups is 1. The van der Waals surface area contributed by atoms with Crippen LogP contribution in [0.1, 0.15) is 13.3 Å². The SMILES string of the molecule is CSCCC(C)N(C)CC(O)C(F)(F)F. The Balaban J connectivity index is 3.95. The molecule has 2 atom stereocenters. The predicted octanol–water partition coefficient (Wildman–Crippen LogP) is 1.98. The summed E-state index contributed by atoms with van der Waals surface area (Å²) < 4.78 is 36.1. The average molecular weight is 245 g/mol. The molecule has 0 aromatic heterocycles. The van der Waals surface area contributed by atoms with Crippen LogP contribution in [0.4, 0.5) is 13.2 Å². The fourth-order valence-corrected chi connectivity index (χ4v) is 1.64. The van der Waals surface area contributed by atoms with Crippen molar-refractivity contribution in [3.8, 4) is 0 Å². The lowest BCUT2D eigenvalue weighted by atomic mass is 10.2. The maximum absolute atomic E-state index is 12.0. The number of rotatable bonds is 6. The second kappa shape index (κ2) is 6.60. The van der Waals surface area contributed by atoms with E-state index in [1.54, 1.807) is 18.8 Å². The first-order valence-electron chi connectivity index (χ1n) is 4.73. The van der Waals surface area contributed by atoms with Gasteiger partial charge in [-0.15, -0.1) is 0 Å². The number of nitrogens with zero attached hydrogens (tertiary/aromatic N) is 1. The first-order valence-corrected chi connectivity index (χ1v) is 6.12.